The van der Waals surface area contributed by atoms with Gasteiger partial charge in [0, 0.05) is 44.5 Å². The zero-order valence-electron chi connectivity index (χ0n) is 18.8. The molecular weight excluding hydrogens is 356 g/mol. The molecule has 28 heavy (non-hydrogen) atoms. The molecule has 8 nitrogen and oxygen atoms in total. The fourth-order valence-electron chi connectivity index (χ4n) is 2.75. The second kappa shape index (κ2) is 10.9. The summed E-state index contributed by atoms with van der Waals surface area (Å²) in [5, 5.41) is 11.0. The number of aromatic nitrogens is 2. The standard InChI is InChI=1S/C20H38N6O2/c1-9-12-26(19(27)28-20(5,6)7)13-11-22-18(21-10-2)23-14-17-15(3)24-25(8)16(17)4/h9-14H2,1-8H3,(H2,21,22,23). The number of nitrogens with one attached hydrogen (secondary N) is 2. The lowest BCUT2D eigenvalue weighted by atomic mass is 10.2. The molecule has 1 aromatic heterocycles. The van der Waals surface area contributed by atoms with E-state index in [-0.39, 0.29) is 6.09 Å². The average molecular weight is 395 g/mol. The minimum atomic E-state index is -0.494. The minimum absolute atomic E-state index is 0.278. The van der Waals surface area contributed by atoms with Crippen LogP contribution in [-0.4, -0.2) is 58.5 Å². The van der Waals surface area contributed by atoms with Crippen molar-refractivity contribution < 1.29 is 9.53 Å². The number of amides is 1. The number of carbonyl (C=O) groups excluding carboxylic acids is 1. The van der Waals surface area contributed by atoms with Crippen LogP contribution in [-0.2, 0) is 18.3 Å². The molecule has 8 heteroatoms. The van der Waals surface area contributed by atoms with E-state index >= 15 is 0 Å². The summed E-state index contributed by atoms with van der Waals surface area (Å²) in [7, 11) is 1.94. The third-order valence-corrected chi connectivity index (χ3v) is 4.22. The maximum atomic E-state index is 12.4. The Morgan fingerprint density at radius 3 is 2.39 bits per heavy atom. The zero-order valence-corrected chi connectivity index (χ0v) is 18.8. The monoisotopic (exact) mass is 394 g/mol. The van der Waals surface area contributed by atoms with Crippen LogP contribution in [0.2, 0.25) is 0 Å². The van der Waals surface area contributed by atoms with Crippen molar-refractivity contribution in [2.24, 2.45) is 12.0 Å². The van der Waals surface area contributed by atoms with Crippen LogP contribution in [0.4, 0.5) is 4.79 Å². The van der Waals surface area contributed by atoms with Gasteiger partial charge in [0.1, 0.15) is 5.60 Å². The van der Waals surface area contributed by atoms with Gasteiger partial charge in [0.05, 0.1) is 12.2 Å². The van der Waals surface area contributed by atoms with Crippen LogP contribution in [0.25, 0.3) is 0 Å². The summed E-state index contributed by atoms with van der Waals surface area (Å²) in [5.41, 5.74) is 2.77. The lowest BCUT2D eigenvalue weighted by Gasteiger charge is -2.27. The van der Waals surface area contributed by atoms with Gasteiger partial charge >= 0.3 is 6.09 Å². The third-order valence-electron chi connectivity index (χ3n) is 4.22. The molecular formula is C20H38N6O2. The van der Waals surface area contributed by atoms with E-state index in [1.54, 1.807) is 4.90 Å². The molecule has 1 amide bonds. The average Bonchev–Trinajstić information content (AvgIpc) is 2.82. The van der Waals surface area contributed by atoms with Gasteiger partial charge in [-0.25, -0.2) is 9.79 Å². The first-order valence-corrected chi connectivity index (χ1v) is 10.1. The number of rotatable bonds is 8. The van der Waals surface area contributed by atoms with Crippen molar-refractivity contribution in [3.05, 3.63) is 17.0 Å². The number of aryl methyl sites for hydroxylation is 2. The Bertz CT molecular complexity index is 660. The van der Waals surface area contributed by atoms with Gasteiger partial charge in [-0.3, -0.25) is 4.68 Å². The highest BCUT2D eigenvalue weighted by molar-refractivity contribution is 5.79. The zero-order chi connectivity index (χ0) is 21.3. The Labute approximate surface area is 169 Å². The number of carbonyl (C=O) groups is 1. The van der Waals surface area contributed by atoms with E-state index < -0.39 is 5.60 Å². The van der Waals surface area contributed by atoms with Gasteiger partial charge < -0.3 is 20.3 Å². The largest absolute Gasteiger partial charge is 0.444 e. The second-order valence-electron chi connectivity index (χ2n) is 7.86. The summed E-state index contributed by atoms with van der Waals surface area (Å²) in [5.74, 6) is 0.728. The SMILES string of the molecule is CCCN(CCNC(=NCc1c(C)nn(C)c1C)NCC)C(=O)OC(C)(C)C. The topological polar surface area (TPSA) is 83.8 Å². The molecule has 0 radical (unpaired) electrons. The number of hydrogen-bond acceptors (Lipinski definition) is 4. The first-order valence-electron chi connectivity index (χ1n) is 10.1. The van der Waals surface area contributed by atoms with Crippen LogP contribution in [0.5, 0.6) is 0 Å². The van der Waals surface area contributed by atoms with Gasteiger partial charge in [-0.15, -0.1) is 0 Å². The number of hydrogen-bond donors (Lipinski definition) is 2. The fourth-order valence-corrected chi connectivity index (χ4v) is 2.75. The van der Waals surface area contributed by atoms with Crippen molar-refractivity contribution in [2.45, 2.75) is 67.0 Å². The number of aliphatic imine (C=N–C) groups is 1. The van der Waals surface area contributed by atoms with Crippen LogP contribution >= 0.6 is 0 Å². The van der Waals surface area contributed by atoms with Gasteiger partial charge in [-0.05, 0) is 48.0 Å². The first kappa shape index (κ1) is 23.8. The summed E-state index contributed by atoms with van der Waals surface area (Å²) in [6.07, 6.45) is 0.604. The van der Waals surface area contributed by atoms with Crippen LogP contribution < -0.4 is 10.6 Å². The van der Waals surface area contributed by atoms with Gasteiger partial charge in [-0.1, -0.05) is 6.92 Å². The summed E-state index contributed by atoms with van der Waals surface area (Å²) in [6, 6.07) is 0. The number of guanidine groups is 1. The maximum Gasteiger partial charge on any atom is 0.410 e. The van der Waals surface area contributed by atoms with E-state index in [1.165, 1.54) is 0 Å². The molecule has 0 saturated carbocycles. The van der Waals surface area contributed by atoms with Crippen molar-refractivity contribution in [3.8, 4) is 0 Å². The van der Waals surface area contributed by atoms with Crippen molar-refractivity contribution in [1.82, 2.24) is 25.3 Å². The Morgan fingerprint density at radius 1 is 1.21 bits per heavy atom. The summed E-state index contributed by atoms with van der Waals surface area (Å²) >= 11 is 0. The molecule has 0 aliphatic carbocycles. The van der Waals surface area contributed by atoms with Crippen LogP contribution in [0, 0.1) is 13.8 Å². The Hall–Kier alpha value is -2.25. The maximum absolute atomic E-state index is 12.4. The van der Waals surface area contributed by atoms with E-state index in [9.17, 15) is 4.79 Å². The molecule has 0 atom stereocenters. The van der Waals surface area contributed by atoms with Gasteiger partial charge in [0.2, 0.25) is 0 Å². The smallest absolute Gasteiger partial charge is 0.410 e. The predicted molar refractivity (Wildman–Crippen MR) is 114 cm³/mol. The van der Waals surface area contributed by atoms with E-state index in [4.69, 9.17) is 4.74 Å². The molecule has 0 saturated heterocycles. The van der Waals surface area contributed by atoms with E-state index in [1.807, 2.05) is 46.3 Å². The van der Waals surface area contributed by atoms with Crippen molar-refractivity contribution in [1.29, 1.82) is 0 Å². The van der Waals surface area contributed by atoms with E-state index in [0.29, 0.717) is 26.2 Å². The van der Waals surface area contributed by atoms with Crippen molar-refractivity contribution >= 4 is 12.1 Å². The number of nitrogens with zero attached hydrogens (tertiary/aromatic N) is 4. The molecule has 1 aromatic rings. The fraction of sp³-hybridized carbons (Fsp3) is 0.750. The third kappa shape index (κ3) is 7.78. The molecule has 160 valence electrons. The highest BCUT2D eigenvalue weighted by Gasteiger charge is 2.21. The summed E-state index contributed by atoms with van der Waals surface area (Å²) in [6.45, 7) is 16.9. The molecule has 0 aliphatic heterocycles. The molecule has 2 N–H and O–H groups in total. The molecule has 1 heterocycles. The molecule has 0 bridgehead atoms. The molecule has 0 aromatic carbocycles. The molecule has 1 rings (SSSR count). The number of ether oxygens (including phenoxy) is 1. The lowest BCUT2D eigenvalue weighted by molar-refractivity contribution is 0.0253. The first-order chi connectivity index (χ1) is 13.1. The summed E-state index contributed by atoms with van der Waals surface area (Å²) < 4.78 is 7.37. The second-order valence-corrected chi connectivity index (χ2v) is 7.86. The Balaban J connectivity index is 2.68. The highest BCUT2D eigenvalue weighted by Crippen LogP contribution is 2.13. The Kier molecular flexibility index (Phi) is 9.28. The Morgan fingerprint density at radius 2 is 1.89 bits per heavy atom. The van der Waals surface area contributed by atoms with Crippen LogP contribution in [0.1, 0.15) is 58.0 Å². The molecule has 0 fully saturated rings. The molecule has 0 aliphatic rings. The molecule has 0 unspecified atom stereocenters. The van der Waals surface area contributed by atoms with Gasteiger partial charge in [-0.2, -0.15) is 5.10 Å². The predicted octanol–water partition coefficient (Wildman–Crippen LogP) is 2.74. The quantitative estimate of drug-likeness (QED) is 0.523. The van der Waals surface area contributed by atoms with E-state index in [0.717, 1.165) is 35.9 Å². The normalized spacial score (nSPS) is 12.1. The van der Waals surface area contributed by atoms with E-state index in [2.05, 4.69) is 34.6 Å². The summed E-state index contributed by atoms with van der Waals surface area (Å²) in [4.78, 5) is 18.8. The van der Waals surface area contributed by atoms with Gasteiger partial charge in [0.15, 0.2) is 5.96 Å². The van der Waals surface area contributed by atoms with Crippen molar-refractivity contribution in [3.63, 3.8) is 0 Å². The molecule has 0 spiro atoms. The van der Waals surface area contributed by atoms with Gasteiger partial charge in [0.25, 0.3) is 0 Å². The van der Waals surface area contributed by atoms with Crippen LogP contribution in [0.3, 0.4) is 0 Å². The lowest BCUT2D eigenvalue weighted by Crippen LogP contribution is -2.44. The minimum Gasteiger partial charge on any atom is -0.444 e. The van der Waals surface area contributed by atoms with Crippen molar-refractivity contribution in [2.75, 3.05) is 26.2 Å². The highest BCUT2D eigenvalue weighted by atomic mass is 16.6. The van der Waals surface area contributed by atoms with Crippen LogP contribution in [0.15, 0.2) is 4.99 Å².